The molecule has 2 atom stereocenters. The van der Waals surface area contributed by atoms with E-state index in [-0.39, 0.29) is 18.3 Å². The molecular formula is C34H32F5N5O2S. The molecule has 4 aromatic rings. The van der Waals surface area contributed by atoms with Gasteiger partial charge in [0.25, 0.3) is 0 Å². The zero-order chi connectivity index (χ0) is 33.1. The molecule has 0 saturated carbocycles. The van der Waals surface area contributed by atoms with Crippen LogP contribution in [0.2, 0.25) is 0 Å². The van der Waals surface area contributed by atoms with Crippen LogP contribution in [0.25, 0.3) is 11.3 Å². The molecule has 1 N–H and O–H groups in total. The molecule has 7 nitrogen and oxygen atoms in total. The van der Waals surface area contributed by atoms with Crippen molar-refractivity contribution in [3.05, 3.63) is 108 Å². The molecule has 13 heteroatoms. The summed E-state index contributed by atoms with van der Waals surface area (Å²) in [5.74, 6) is -0.477. The molecule has 1 aromatic heterocycles. The SMILES string of the molecule is O=C(NCc1cc(-c2ccc(C(F)(F)F)cc2)nc(N2CCN(c3ccccc3F)CC2)c1)[C@@H]1CCCN1S(=O)c1ccc(F)cc1. The molecule has 47 heavy (non-hydrogen) atoms. The van der Waals surface area contributed by atoms with E-state index in [1.165, 1.54) is 42.5 Å². The number of hydrogen-bond donors (Lipinski definition) is 1. The summed E-state index contributed by atoms with van der Waals surface area (Å²) in [5.41, 5.74) is 1.35. The third kappa shape index (κ3) is 7.46. The van der Waals surface area contributed by atoms with E-state index in [4.69, 9.17) is 4.98 Å². The highest BCUT2D eigenvalue weighted by Crippen LogP contribution is 2.32. The van der Waals surface area contributed by atoms with Gasteiger partial charge in [0.2, 0.25) is 5.91 Å². The van der Waals surface area contributed by atoms with Crippen molar-refractivity contribution < 1.29 is 31.0 Å². The maximum absolute atomic E-state index is 14.4. The summed E-state index contributed by atoms with van der Waals surface area (Å²) >= 11 is 0. The Morgan fingerprint density at radius 1 is 0.872 bits per heavy atom. The van der Waals surface area contributed by atoms with Crippen molar-refractivity contribution in [2.24, 2.45) is 0 Å². The van der Waals surface area contributed by atoms with Gasteiger partial charge >= 0.3 is 6.18 Å². The van der Waals surface area contributed by atoms with Crippen LogP contribution in [0, 0.1) is 11.6 Å². The molecule has 0 radical (unpaired) electrons. The molecule has 2 fully saturated rings. The second-order valence-electron chi connectivity index (χ2n) is 11.4. The topological polar surface area (TPSA) is 68.8 Å². The molecule has 2 saturated heterocycles. The standard InChI is InChI=1S/C34H32F5N5O2S/c35-26-11-13-27(14-12-26)47(46)44-15-3-6-31(44)33(45)40-22-23-20-29(24-7-9-25(10-8-24)34(37,38)39)41-32(21-23)43-18-16-42(17-19-43)30-5-2-1-4-28(30)36/h1-2,4-5,7-14,20-21,31H,3,6,15-19,22H2,(H,40,45)/t31-,47?/m0/s1. The van der Waals surface area contributed by atoms with Crippen LogP contribution in [0.15, 0.2) is 89.8 Å². The fraction of sp³-hybridized carbons (Fsp3) is 0.294. The van der Waals surface area contributed by atoms with Crippen molar-refractivity contribution in [3.63, 3.8) is 0 Å². The Kier molecular flexibility index (Phi) is 9.55. The van der Waals surface area contributed by atoms with Gasteiger partial charge in [0.15, 0.2) is 0 Å². The molecular weight excluding hydrogens is 637 g/mol. The van der Waals surface area contributed by atoms with Crippen molar-refractivity contribution in [2.75, 3.05) is 42.5 Å². The van der Waals surface area contributed by atoms with E-state index in [0.29, 0.717) is 78.8 Å². The van der Waals surface area contributed by atoms with Crippen LogP contribution in [0.3, 0.4) is 0 Å². The molecule has 1 unspecified atom stereocenters. The quantitative estimate of drug-likeness (QED) is 0.227. The number of pyridine rings is 1. The highest BCUT2D eigenvalue weighted by molar-refractivity contribution is 7.82. The smallest absolute Gasteiger partial charge is 0.366 e. The van der Waals surface area contributed by atoms with Crippen LogP contribution in [-0.4, -0.2) is 58.2 Å². The van der Waals surface area contributed by atoms with Gasteiger partial charge < -0.3 is 15.1 Å². The number of carbonyl (C=O) groups is 1. The van der Waals surface area contributed by atoms with Crippen LogP contribution in [0.4, 0.5) is 33.5 Å². The lowest BCUT2D eigenvalue weighted by Gasteiger charge is -2.37. The number of aromatic nitrogens is 1. The molecule has 3 heterocycles. The largest absolute Gasteiger partial charge is 0.416 e. The number of rotatable bonds is 8. The Labute approximate surface area is 271 Å². The minimum atomic E-state index is -4.48. The van der Waals surface area contributed by atoms with Gasteiger partial charge in [-0.05, 0) is 79.1 Å². The van der Waals surface area contributed by atoms with Crippen molar-refractivity contribution >= 4 is 28.4 Å². The van der Waals surface area contributed by atoms with Crippen LogP contribution >= 0.6 is 0 Å². The summed E-state index contributed by atoms with van der Waals surface area (Å²) in [5, 5.41) is 2.94. The maximum Gasteiger partial charge on any atom is 0.416 e. The van der Waals surface area contributed by atoms with Crippen LogP contribution < -0.4 is 15.1 Å². The molecule has 0 spiro atoms. The minimum Gasteiger partial charge on any atom is -0.366 e. The average Bonchev–Trinajstić information content (AvgIpc) is 3.57. The fourth-order valence-electron chi connectivity index (χ4n) is 5.89. The zero-order valence-electron chi connectivity index (χ0n) is 25.2. The Bertz CT molecular complexity index is 1750. The number of para-hydroxylation sites is 1. The van der Waals surface area contributed by atoms with E-state index in [1.807, 2.05) is 15.9 Å². The molecule has 1 amide bonds. The van der Waals surface area contributed by atoms with E-state index < -0.39 is 34.6 Å². The van der Waals surface area contributed by atoms with Crippen LogP contribution in [0.1, 0.15) is 24.0 Å². The summed E-state index contributed by atoms with van der Waals surface area (Å²) < 4.78 is 82.3. The summed E-state index contributed by atoms with van der Waals surface area (Å²) in [6, 6.07) is 19.6. The number of amides is 1. The summed E-state index contributed by atoms with van der Waals surface area (Å²) in [4.78, 5) is 22.5. The van der Waals surface area contributed by atoms with E-state index in [9.17, 15) is 31.0 Å². The average molecular weight is 670 g/mol. The predicted molar refractivity (Wildman–Crippen MR) is 170 cm³/mol. The van der Waals surface area contributed by atoms with Gasteiger partial charge in [0.1, 0.15) is 34.5 Å². The molecule has 2 aliphatic heterocycles. The first-order chi connectivity index (χ1) is 22.6. The van der Waals surface area contributed by atoms with Gasteiger partial charge in [-0.15, -0.1) is 0 Å². The highest BCUT2D eigenvalue weighted by Gasteiger charge is 2.35. The molecule has 2 aliphatic rings. The first-order valence-corrected chi connectivity index (χ1v) is 16.3. The summed E-state index contributed by atoms with van der Waals surface area (Å²) in [6.07, 6.45) is -3.31. The van der Waals surface area contributed by atoms with E-state index in [2.05, 4.69) is 5.32 Å². The van der Waals surface area contributed by atoms with E-state index in [0.717, 1.165) is 12.1 Å². The van der Waals surface area contributed by atoms with Gasteiger partial charge in [-0.2, -0.15) is 13.2 Å². The number of carbonyl (C=O) groups excluding carboxylic acids is 1. The monoisotopic (exact) mass is 669 g/mol. The molecule has 0 bridgehead atoms. The van der Waals surface area contributed by atoms with Gasteiger partial charge in [-0.3, -0.25) is 4.79 Å². The molecule has 6 rings (SSSR count). The lowest BCUT2D eigenvalue weighted by molar-refractivity contribution is -0.137. The number of alkyl halides is 3. The fourth-order valence-corrected chi connectivity index (χ4v) is 7.26. The second kappa shape index (κ2) is 13.8. The van der Waals surface area contributed by atoms with Crippen LogP contribution in [-0.2, 0) is 28.5 Å². The summed E-state index contributed by atoms with van der Waals surface area (Å²) in [6.45, 7) is 2.65. The van der Waals surface area contributed by atoms with E-state index in [1.54, 1.807) is 28.6 Å². The van der Waals surface area contributed by atoms with Crippen LogP contribution in [0.5, 0.6) is 0 Å². The van der Waals surface area contributed by atoms with Crippen molar-refractivity contribution in [1.29, 1.82) is 0 Å². The molecule has 3 aromatic carbocycles. The third-order valence-corrected chi connectivity index (χ3v) is 9.92. The number of halogens is 5. The first-order valence-electron chi connectivity index (χ1n) is 15.2. The normalized spacial score (nSPS) is 17.9. The van der Waals surface area contributed by atoms with Crippen molar-refractivity contribution in [1.82, 2.24) is 14.6 Å². The number of piperazine rings is 1. The van der Waals surface area contributed by atoms with Crippen molar-refractivity contribution in [3.8, 4) is 11.3 Å². The lowest BCUT2D eigenvalue weighted by Crippen LogP contribution is -2.47. The number of nitrogens with one attached hydrogen (secondary N) is 1. The maximum atomic E-state index is 14.4. The molecule has 0 aliphatic carbocycles. The van der Waals surface area contributed by atoms with Gasteiger partial charge in [0, 0.05) is 44.8 Å². The first kappa shape index (κ1) is 32.6. The zero-order valence-corrected chi connectivity index (χ0v) is 26.0. The minimum absolute atomic E-state index is 0.102. The Morgan fingerprint density at radius 3 is 2.23 bits per heavy atom. The highest BCUT2D eigenvalue weighted by atomic mass is 32.2. The number of hydrogen-bond acceptors (Lipinski definition) is 5. The third-order valence-electron chi connectivity index (χ3n) is 8.38. The summed E-state index contributed by atoms with van der Waals surface area (Å²) in [7, 11) is -1.65. The molecule has 246 valence electrons. The lowest BCUT2D eigenvalue weighted by atomic mass is 10.1. The second-order valence-corrected chi connectivity index (χ2v) is 12.9. The van der Waals surface area contributed by atoms with Crippen molar-refractivity contribution in [2.45, 2.75) is 36.5 Å². The van der Waals surface area contributed by atoms with Gasteiger partial charge in [-0.1, -0.05) is 24.3 Å². The number of anilines is 2. The van der Waals surface area contributed by atoms with E-state index >= 15 is 0 Å². The predicted octanol–water partition coefficient (Wildman–Crippen LogP) is 6.18. The Balaban J connectivity index is 1.21. The Hall–Kier alpha value is -4.36. The van der Waals surface area contributed by atoms with Gasteiger partial charge in [-0.25, -0.2) is 22.3 Å². The Morgan fingerprint density at radius 2 is 1.55 bits per heavy atom. The number of nitrogens with zero attached hydrogens (tertiary/aromatic N) is 4. The van der Waals surface area contributed by atoms with Gasteiger partial charge in [0.05, 0.1) is 21.8 Å². The number of benzene rings is 3.